The van der Waals surface area contributed by atoms with E-state index in [9.17, 15) is 9.59 Å². The van der Waals surface area contributed by atoms with Gasteiger partial charge in [-0.2, -0.15) is 0 Å². The van der Waals surface area contributed by atoms with Crippen molar-refractivity contribution in [2.45, 2.75) is 52.6 Å². The molecule has 3 N–H and O–H groups in total. The van der Waals surface area contributed by atoms with E-state index in [1.807, 2.05) is 34.6 Å². The van der Waals surface area contributed by atoms with Crippen LogP contribution in [0.3, 0.4) is 0 Å². The van der Waals surface area contributed by atoms with Gasteiger partial charge in [0, 0.05) is 18.6 Å². The molecular weight excluding hydrogens is 270 g/mol. The minimum absolute atomic E-state index is 0.102. The quantitative estimate of drug-likeness (QED) is 0.774. The van der Waals surface area contributed by atoms with E-state index < -0.39 is 17.0 Å². The third-order valence-electron chi connectivity index (χ3n) is 4.39. The first-order chi connectivity index (χ1) is 9.63. The Labute approximate surface area is 127 Å². The maximum absolute atomic E-state index is 12.9. The van der Waals surface area contributed by atoms with Crippen molar-refractivity contribution in [2.24, 2.45) is 11.1 Å². The van der Waals surface area contributed by atoms with Crippen LogP contribution in [0, 0.1) is 5.41 Å². The molecule has 1 unspecified atom stereocenters. The van der Waals surface area contributed by atoms with Crippen molar-refractivity contribution in [3.05, 3.63) is 0 Å². The van der Waals surface area contributed by atoms with Crippen molar-refractivity contribution in [1.29, 1.82) is 0 Å². The highest BCUT2D eigenvalue weighted by Gasteiger charge is 2.46. The fourth-order valence-electron chi connectivity index (χ4n) is 2.06. The fourth-order valence-corrected chi connectivity index (χ4v) is 2.06. The Morgan fingerprint density at radius 2 is 1.95 bits per heavy atom. The third-order valence-corrected chi connectivity index (χ3v) is 4.39. The standard InChI is InChI=1S/C15H29N3O3/c1-6-7-17-12(19)11-10-21-9-8-18(11)13(20)14(2,3)15(4,5)16/h11H,6-10,16H2,1-5H3,(H,17,19). The van der Waals surface area contributed by atoms with Crippen LogP contribution in [0.1, 0.15) is 41.0 Å². The van der Waals surface area contributed by atoms with Crippen molar-refractivity contribution >= 4 is 11.8 Å². The normalized spacial score (nSPS) is 20.3. The summed E-state index contributed by atoms with van der Waals surface area (Å²) < 4.78 is 5.38. The largest absolute Gasteiger partial charge is 0.377 e. The molecule has 0 aromatic carbocycles. The summed E-state index contributed by atoms with van der Waals surface area (Å²) in [6.45, 7) is 11.0. The first-order valence-electron chi connectivity index (χ1n) is 7.58. The second kappa shape index (κ2) is 6.75. The molecule has 6 nitrogen and oxygen atoms in total. The lowest BCUT2D eigenvalue weighted by Gasteiger charge is -2.44. The summed E-state index contributed by atoms with van der Waals surface area (Å²) >= 11 is 0. The summed E-state index contributed by atoms with van der Waals surface area (Å²) in [4.78, 5) is 26.7. The number of rotatable bonds is 5. The minimum atomic E-state index is -0.756. The molecule has 0 saturated carbocycles. The number of nitrogens with two attached hydrogens (primary N) is 1. The van der Waals surface area contributed by atoms with E-state index in [4.69, 9.17) is 10.5 Å². The minimum Gasteiger partial charge on any atom is -0.377 e. The van der Waals surface area contributed by atoms with Crippen LogP contribution in [-0.4, -0.2) is 54.6 Å². The first kappa shape index (κ1) is 17.9. The Morgan fingerprint density at radius 1 is 1.33 bits per heavy atom. The van der Waals surface area contributed by atoms with Gasteiger partial charge in [-0.25, -0.2) is 0 Å². The fraction of sp³-hybridized carbons (Fsp3) is 0.867. The van der Waals surface area contributed by atoms with E-state index in [0.29, 0.717) is 19.7 Å². The average Bonchev–Trinajstić information content (AvgIpc) is 2.42. The van der Waals surface area contributed by atoms with Crippen LogP contribution < -0.4 is 11.1 Å². The van der Waals surface area contributed by atoms with Crippen LogP contribution in [0.15, 0.2) is 0 Å². The lowest BCUT2D eigenvalue weighted by molar-refractivity contribution is -0.157. The third kappa shape index (κ3) is 3.95. The molecule has 0 bridgehead atoms. The molecule has 1 saturated heterocycles. The van der Waals surface area contributed by atoms with Gasteiger partial charge in [0.25, 0.3) is 0 Å². The summed E-state index contributed by atoms with van der Waals surface area (Å²) in [6, 6.07) is -0.570. The van der Waals surface area contributed by atoms with Gasteiger partial charge in [0.1, 0.15) is 6.04 Å². The monoisotopic (exact) mass is 299 g/mol. The Balaban J connectivity index is 2.91. The molecule has 1 heterocycles. The van der Waals surface area contributed by atoms with Crippen molar-refractivity contribution < 1.29 is 14.3 Å². The topological polar surface area (TPSA) is 84.7 Å². The Morgan fingerprint density at radius 3 is 2.48 bits per heavy atom. The molecule has 0 radical (unpaired) electrons. The number of nitrogens with zero attached hydrogens (tertiary/aromatic N) is 1. The van der Waals surface area contributed by atoms with E-state index in [1.54, 1.807) is 4.90 Å². The molecule has 1 fully saturated rings. The number of carbonyl (C=O) groups is 2. The van der Waals surface area contributed by atoms with Crippen LogP contribution in [0.4, 0.5) is 0 Å². The van der Waals surface area contributed by atoms with Gasteiger partial charge < -0.3 is 20.7 Å². The molecule has 1 aliphatic rings. The summed E-state index contributed by atoms with van der Waals surface area (Å²) in [7, 11) is 0. The van der Waals surface area contributed by atoms with Gasteiger partial charge in [-0.3, -0.25) is 9.59 Å². The van der Waals surface area contributed by atoms with E-state index in [1.165, 1.54) is 0 Å². The van der Waals surface area contributed by atoms with Crippen LogP contribution in [0.25, 0.3) is 0 Å². The van der Waals surface area contributed by atoms with E-state index >= 15 is 0 Å². The van der Waals surface area contributed by atoms with E-state index in [0.717, 1.165) is 6.42 Å². The zero-order valence-electron chi connectivity index (χ0n) is 13.9. The van der Waals surface area contributed by atoms with Crippen molar-refractivity contribution in [3.8, 4) is 0 Å². The van der Waals surface area contributed by atoms with Crippen molar-refractivity contribution in [2.75, 3.05) is 26.3 Å². The molecule has 2 amide bonds. The summed E-state index contributed by atoms with van der Waals surface area (Å²) in [5, 5.41) is 2.83. The zero-order chi connectivity index (χ0) is 16.3. The van der Waals surface area contributed by atoms with Gasteiger partial charge in [0.15, 0.2) is 0 Å². The second-order valence-corrected chi connectivity index (χ2v) is 6.73. The second-order valence-electron chi connectivity index (χ2n) is 6.73. The van der Waals surface area contributed by atoms with E-state index in [-0.39, 0.29) is 18.4 Å². The molecule has 1 atom stereocenters. The van der Waals surface area contributed by atoms with Gasteiger partial charge in [-0.05, 0) is 34.1 Å². The maximum Gasteiger partial charge on any atom is 0.245 e. The van der Waals surface area contributed by atoms with Crippen LogP contribution in [0.5, 0.6) is 0 Å². The molecule has 0 aromatic rings. The molecule has 6 heteroatoms. The van der Waals surface area contributed by atoms with Crippen LogP contribution >= 0.6 is 0 Å². The smallest absolute Gasteiger partial charge is 0.245 e. The van der Waals surface area contributed by atoms with Crippen LogP contribution in [-0.2, 0) is 14.3 Å². The molecule has 0 aliphatic carbocycles. The van der Waals surface area contributed by atoms with Gasteiger partial charge in [-0.15, -0.1) is 0 Å². The number of amides is 2. The van der Waals surface area contributed by atoms with Gasteiger partial charge >= 0.3 is 0 Å². The Hall–Kier alpha value is -1.14. The summed E-state index contributed by atoms with van der Waals surface area (Å²) in [5.41, 5.74) is 4.71. The number of nitrogens with one attached hydrogen (secondary N) is 1. The van der Waals surface area contributed by atoms with E-state index in [2.05, 4.69) is 5.32 Å². The van der Waals surface area contributed by atoms with Crippen LogP contribution in [0.2, 0.25) is 0 Å². The predicted molar refractivity (Wildman–Crippen MR) is 81.7 cm³/mol. The van der Waals surface area contributed by atoms with Gasteiger partial charge in [-0.1, -0.05) is 6.92 Å². The lowest BCUT2D eigenvalue weighted by atomic mass is 9.74. The Bertz CT molecular complexity index is 388. The predicted octanol–water partition coefficient (Wildman–Crippen LogP) is 0.504. The number of hydrogen-bond acceptors (Lipinski definition) is 4. The van der Waals surface area contributed by atoms with Gasteiger partial charge in [0.05, 0.1) is 18.6 Å². The molecule has 21 heavy (non-hydrogen) atoms. The Kier molecular flexibility index (Phi) is 5.75. The highest BCUT2D eigenvalue weighted by atomic mass is 16.5. The number of carbonyl (C=O) groups excluding carboxylic acids is 2. The molecule has 122 valence electrons. The number of hydrogen-bond donors (Lipinski definition) is 2. The molecular formula is C15H29N3O3. The zero-order valence-corrected chi connectivity index (χ0v) is 13.9. The summed E-state index contributed by atoms with van der Waals surface area (Å²) in [5.74, 6) is -0.259. The summed E-state index contributed by atoms with van der Waals surface area (Å²) in [6.07, 6.45) is 0.856. The highest BCUT2D eigenvalue weighted by molar-refractivity contribution is 5.90. The maximum atomic E-state index is 12.9. The average molecular weight is 299 g/mol. The number of morpholine rings is 1. The van der Waals surface area contributed by atoms with Crippen molar-refractivity contribution in [1.82, 2.24) is 10.2 Å². The first-order valence-corrected chi connectivity index (χ1v) is 7.58. The lowest BCUT2D eigenvalue weighted by Crippen LogP contribution is -2.63. The highest BCUT2D eigenvalue weighted by Crippen LogP contribution is 2.31. The van der Waals surface area contributed by atoms with Gasteiger partial charge in [0.2, 0.25) is 11.8 Å². The SMILES string of the molecule is CCCNC(=O)C1COCCN1C(=O)C(C)(C)C(C)(C)N. The number of ether oxygens (including phenoxy) is 1. The molecule has 0 aromatic heterocycles. The molecule has 1 aliphatic heterocycles. The van der Waals surface area contributed by atoms with Crippen molar-refractivity contribution in [3.63, 3.8) is 0 Å². The molecule has 1 rings (SSSR count). The molecule has 0 spiro atoms.